The lowest BCUT2D eigenvalue weighted by molar-refractivity contribution is 0.355. The Labute approximate surface area is 197 Å². The van der Waals surface area contributed by atoms with Crippen LogP contribution in [0, 0.1) is 0 Å². The summed E-state index contributed by atoms with van der Waals surface area (Å²) in [7, 11) is 7.56. The molecule has 0 unspecified atom stereocenters. The van der Waals surface area contributed by atoms with Gasteiger partial charge in [0.2, 0.25) is 0 Å². The zero-order chi connectivity index (χ0) is 23.2. The summed E-state index contributed by atoms with van der Waals surface area (Å²) in [6.45, 7) is 0.956. The van der Waals surface area contributed by atoms with Crippen LogP contribution in [0.4, 0.5) is 11.5 Å². The van der Waals surface area contributed by atoms with Crippen molar-refractivity contribution in [2.45, 2.75) is 44.2 Å². The Hall–Kier alpha value is -2.99. The average molecular weight is 449 g/mol. The fraction of sp³-hybridized carbons (Fsp3) is 0.444. The Bertz CT molecular complexity index is 1040. The van der Waals surface area contributed by atoms with E-state index >= 15 is 0 Å². The molecule has 6 nitrogen and oxygen atoms in total. The molecule has 6 heteroatoms. The van der Waals surface area contributed by atoms with Crippen molar-refractivity contribution in [3.63, 3.8) is 0 Å². The Morgan fingerprint density at radius 3 is 2.24 bits per heavy atom. The predicted molar refractivity (Wildman–Crippen MR) is 137 cm³/mol. The van der Waals surface area contributed by atoms with Gasteiger partial charge in [-0.15, -0.1) is 0 Å². The number of pyridine rings is 1. The lowest BCUT2D eigenvalue weighted by atomic mass is 9.91. The Morgan fingerprint density at radius 2 is 1.58 bits per heavy atom. The van der Waals surface area contributed by atoms with Gasteiger partial charge in [-0.3, -0.25) is 0 Å². The molecule has 1 fully saturated rings. The van der Waals surface area contributed by atoms with Crippen LogP contribution in [0.5, 0.6) is 11.5 Å². The van der Waals surface area contributed by atoms with Crippen LogP contribution < -0.4 is 25.0 Å². The molecule has 2 N–H and O–H groups in total. The molecule has 0 radical (unpaired) electrons. The molecule has 3 aromatic rings. The van der Waals surface area contributed by atoms with Gasteiger partial charge in [-0.1, -0.05) is 18.2 Å². The van der Waals surface area contributed by atoms with E-state index in [-0.39, 0.29) is 0 Å². The standard InChI is InChI=1S/C27H36N4O2/c1-31(2)26-18-27(30-25-8-6-5-7-24(25)26)29-21-11-9-20(10-12-21)28-14-13-19-15-22(32-3)17-23(16-19)33-4/h5-8,15-18,20-21,28H,9-14H2,1-4H3,(H,29,30). The molecule has 33 heavy (non-hydrogen) atoms. The van der Waals surface area contributed by atoms with Crippen LogP contribution in [0.2, 0.25) is 0 Å². The van der Waals surface area contributed by atoms with Crippen LogP contribution >= 0.6 is 0 Å². The van der Waals surface area contributed by atoms with E-state index in [2.05, 4.69) is 72.1 Å². The quantitative estimate of drug-likeness (QED) is 0.487. The van der Waals surface area contributed by atoms with Crippen molar-refractivity contribution in [2.24, 2.45) is 0 Å². The van der Waals surface area contributed by atoms with Gasteiger partial charge in [0, 0.05) is 49.4 Å². The number of benzene rings is 2. The maximum atomic E-state index is 5.38. The molecule has 0 spiro atoms. The number of rotatable bonds is 9. The highest BCUT2D eigenvalue weighted by Crippen LogP contribution is 2.29. The second-order valence-electron chi connectivity index (χ2n) is 9.06. The maximum Gasteiger partial charge on any atom is 0.128 e. The fourth-order valence-corrected chi connectivity index (χ4v) is 4.68. The van der Waals surface area contributed by atoms with E-state index in [1.165, 1.54) is 29.5 Å². The SMILES string of the molecule is COc1cc(CCNC2CCC(Nc3cc(N(C)C)c4ccccc4n3)CC2)cc(OC)c1. The van der Waals surface area contributed by atoms with Crippen LogP contribution in [-0.4, -0.2) is 51.9 Å². The molecule has 176 valence electrons. The van der Waals surface area contributed by atoms with Crippen LogP contribution in [0.1, 0.15) is 31.2 Å². The molecule has 1 saturated carbocycles. The average Bonchev–Trinajstić information content (AvgIpc) is 2.84. The molecule has 0 atom stereocenters. The second kappa shape index (κ2) is 10.8. The molecule has 0 bridgehead atoms. The van der Waals surface area contributed by atoms with Crippen molar-refractivity contribution in [3.05, 3.63) is 54.1 Å². The third-order valence-electron chi connectivity index (χ3n) is 6.51. The number of fused-ring (bicyclic) bond motifs is 1. The van der Waals surface area contributed by atoms with Gasteiger partial charge in [0.05, 0.1) is 19.7 Å². The third kappa shape index (κ3) is 5.88. The molecule has 1 aliphatic carbocycles. The topological polar surface area (TPSA) is 58.7 Å². The van der Waals surface area contributed by atoms with E-state index in [4.69, 9.17) is 14.5 Å². The van der Waals surface area contributed by atoms with E-state index in [1.807, 2.05) is 6.07 Å². The van der Waals surface area contributed by atoms with Gasteiger partial charge in [0.25, 0.3) is 0 Å². The summed E-state index contributed by atoms with van der Waals surface area (Å²) in [5, 5.41) is 8.64. The molecule has 1 aromatic heterocycles. The monoisotopic (exact) mass is 448 g/mol. The Morgan fingerprint density at radius 1 is 0.909 bits per heavy atom. The normalized spacial score (nSPS) is 18.2. The molecular formula is C27H36N4O2. The lowest BCUT2D eigenvalue weighted by Gasteiger charge is -2.30. The lowest BCUT2D eigenvalue weighted by Crippen LogP contribution is -2.38. The van der Waals surface area contributed by atoms with Gasteiger partial charge in [-0.2, -0.15) is 0 Å². The van der Waals surface area contributed by atoms with Crippen molar-refractivity contribution in [3.8, 4) is 11.5 Å². The minimum atomic E-state index is 0.467. The molecule has 0 aliphatic heterocycles. The number of anilines is 2. The molecule has 4 rings (SSSR count). The van der Waals surface area contributed by atoms with Crippen molar-refractivity contribution < 1.29 is 9.47 Å². The van der Waals surface area contributed by atoms with Gasteiger partial charge in [0.1, 0.15) is 17.3 Å². The molecule has 0 saturated heterocycles. The van der Waals surface area contributed by atoms with Crippen LogP contribution in [0.3, 0.4) is 0 Å². The summed E-state index contributed by atoms with van der Waals surface area (Å²) in [5.41, 5.74) is 3.47. The number of hydrogen-bond donors (Lipinski definition) is 2. The zero-order valence-electron chi connectivity index (χ0n) is 20.2. The van der Waals surface area contributed by atoms with E-state index in [9.17, 15) is 0 Å². The minimum Gasteiger partial charge on any atom is -0.497 e. The first-order chi connectivity index (χ1) is 16.1. The van der Waals surface area contributed by atoms with Gasteiger partial charge in [-0.25, -0.2) is 4.98 Å². The first-order valence-electron chi connectivity index (χ1n) is 11.8. The van der Waals surface area contributed by atoms with Gasteiger partial charge in [0.15, 0.2) is 0 Å². The highest BCUT2D eigenvalue weighted by Gasteiger charge is 2.21. The maximum absolute atomic E-state index is 5.38. The van der Waals surface area contributed by atoms with E-state index in [0.717, 1.165) is 48.6 Å². The first-order valence-corrected chi connectivity index (χ1v) is 11.8. The first kappa shape index (κ1) is 23.2. The Balaban J connectivity index is 1.28. The van der Waals surface area contributed by atoms with Gasteiger partial charge < -0.3 is 25.0 Å². The van der Waals surface area contributed by atoms with Crippen LogP contribution in [0.15, 0.2) is 48.5 Å². The summed E-state index contributed by atoms with van der Waals surface area (Å²) < 4.78 is 10.8. The number of hydrogen-bond acceptors (Lipinski definition) is 6. The van der Waals surface area contributed by atoms with E-state index < -0.39 is 0 Å². The van der Waals surface area contributed by atoms with Crippen LogP contribution in [-0.2, 0) is 6.42 Å². The second-order valence-corrected chi connectivity index (χ2v) is 9.06. The van der Waals surface area contributed by atoms with Crippen molar-refractivity contribution in [1.82, 2.24) is 10.3 Å². The zero-order valence-corrected chi connectivity index (χ0v) is 20.2. The van der Waals surface area contributed by atoms with Crippen molar-refractivity contribution in [1.29, 1.82) is 0 Å². The molecular weight excluding hydrogens is 412 g/mol. The number of aromatic nitrogens is 1. The van der Waals surface area contributed by atoms with Gasteiger partial charge in [-0.05, 0) is 62.4 Å². The van der Waals surface area contributed by atoms with Crippen molar-refractivity contribution in [2.75, 3.05) is 45.1 Å². The third-order valence-corrected chi connectivity index (χ3v) is 6.51. The molecule has 0 amide bonds. The van der Waals surface area contributed by atoms with Gasteiger partial charge >= 0.3 is 0 Å². The number of nitrogens with zero attached hydrogens (tertiary/aromatic N) is 2. The largest absolute Gasteiger partial charge is 0.497 e. The Kier molecular flexibility index (Phi) is 7.55. The highest BCUT2D eigenvalue weighted by atomic mass is 16.5. The smallest absolute Gasteiger partial charge is 0.128 e. The summed E-state index contributed by atoms with van der Waals surface area (Å²) in [5.74, 6) is 2.66. The highest BCUT2D eigenvalue weighted by molar-refractivity contribution is 5.93. The molecule has 1 aliphatic rings. The predicted octanol–water partition coefficient (Wildman–Crippen LogP) is 4.87. The number of ether oxygens (including phenoxy) is 2. The molecule has 2 aromatic carbocycles. The molecule has 1 heterocycles. The summed E-state index contributed by atoms with van der Waals surface area (Å²) in [4.78, 5) is 7.03. The number of methoxy groups -OCH3 is 2. The number of para-hydroxylation sites is 1. The summed E-state index contributed by atoms with van der Waals surface area (Å²) >= 11 is 0. The number of nitrogens with one attached hydrogen (secondary N) is 2. The fourth-order valence-electron chi connectivity index (χ4n) is 4.68. The minimum absolute atomic E-state index is 0.467. The van der Waals surface area contributed by atoms with E-state index in [1.54, 1.807) is 14.2 Å². The van der Waals surface area contributed by atoms with E-state index in [0.29, 0.717) is 12.1 Å². The summed E-state index contributed by atoms with van der Waals surface area (Å²) in [6, 6.07) is 17.7. The summed E-state index contributed by atoms with van der Waals surface area (Å²) in [6.07, 6.45) is 5.60. The van der Waals surface area contributed by atoms with Crippen molar-refractivity contribution >= 4 is 22.4 Å². The van der Waals surface area contributed by atoms with Crippen LogP contribution in [0.25, 0.3) is 10.9 Å².